The fourth-order valence-corrected chi connectivity index (χ4v) is 5.69. The number of benzene rings is 3. The Morgan fingerprint density at radius 3 is 1.95 bits per heavy atom. The lowest BCUT2D eigenvalue weighted by Crippen LogP contribution is -2.32. The molecule has 0 spiro atoms. The van der Waals surface area contributed by atoms with Crippen LogP contribution in [0.25, 0.3) is 11.1 Å². The fourth-order valence-electron chi connectivity index (χ4n) is 5.69. The third kappa shape index (κ3) is 6.61. The predicted octanol–water partition coefficient (Wildman–Crippen LogP) is 9.48. The largest absolute Gasteiger partial charge is 0.439 e. The molecule has 0 saturated carbocycles. The maximum Gasteiger partial charge on any atom is 0.416 e. The summed E-state index contributed by atoms with van der Waals surface area (Å²) in [6.45, 7) is 2.57. The summed E-state index contributed by atoms with van der Waals surface area (Å²) in [5.41, 5.74) is -2.72. The lowest BCUT2D eigenvalue weighted by atomic mass is 9.95. The first kappa shape index (κ1) is 31.5. The van der Waals surface area contributed by atoms with Crippen molar-refractivity contribution in [3.8, 4) is 11.1 Å². The minimum Gasteiger partial charge on any atom is -0.439 e. The molecular weight excluding hydrogens is 603 g/mol. The van der Waals surface area contributed by atoms with Gasteiger partial charge in [-0.2, -0.15) is 39.5 Å². The van der Waals surface area contributed by atoms with Crippen molar-refractivity contribution in [1.82, 2.24) is 4.90 Å². The van der Waals surface area contributed by atoms with Gasteiger partial charge in [-0.05, 0) is 90.9 Å². The zero-order chi connectivity index (χ0) is 32.0. The average Bonchev–Trinajstić information content (AvgIpc) is 3.24. The van der Waals surface area contributed by atoms with E-state index in [1.165, 1.54) is 13.0 Å². The van der Waals surface area contributed by atoms with Gasteiger partial charge in [-0.1, -0.05) is 18.2 Å². The van der Waals surface area contributed by atoms with E-state index in [2.05, 4.69) is 4.90 Å². The molecule has 0 radical (unpaired) electrons. The average molecular weight is 631 g/mol. The quantitative estimate of drug-likeness (QED) is 0.263. The van der Waals surface area contributed by atoms with E-state index in [4.69, 9.17) is 4.74 Å². The molecule has 3 aromatic rings. The highest BCUT2D eigenvalue weighted by molar-refractivity contribution is 5.74. The Hall–Kier alpha value is -3.90. The van der Waals surface area contributed by atoms with Gasteiger partial charge in [-0.15, -0.1) is 0 Å². The molecule has 0 aliphatic carbocycles. The summed E-state index contributed by atoms with van der Waals surface area (Å²) in [4.78, 5) is 16.1. The van der Waals surface area contributed by atoms with Crippen molar-refractivity contribution in [3.05, 3.63) is 88.5 Å². The highest BCUT2D eigenvalue weighted by Crippen LogP contribution is 2.42. The summed E-state index contributed by atoms with van der Waals surface area (Å²) in [5.74, 6) is 0. The molecule has 0 bridgehead atoms. The van der Waals surface area contributed by atoms with Gasteiger partial charge in [0.05, 0.1) is 29.3 Å². The van der Waals surface area contributed by atoms with Crippen molar-refractivity contribution in [1.29, 1.82) is 0 Å². The Kier molecular flexibility index (Phi) is 8.27. The van der Waals surface area contributed by atoms with Gasteiger partial charge in [0.2, 0.25) is 0 Å². The monoisotopic (exact) mass is 630 g/mol. The Balaban J connectivity index is 1.51. The number of hydrogen-bond donors (Lipinski definition) is 0. The van der Waals surface area contributed by atoms with Crippen molar-refractivity contribution in [2.45, 2.75) is 63.4 Å². The zero-order valence-electron chi connectivity index (χ0n) is 23.3. The molecule has 2 aliphatic rings. The molecule has 236 valence electrons. The number of ether oxygens (including phenoxy) is 1. The van der Waals surface area contributed by atoms with Crippen molar-refractivity contribution in [3.63, 3.8) is 0 Å². The number of rotatable bonds is 5. The minimum absolute atomic E-state index is 0.0321. The number of carbonyl (C=O) groups is 1. The van der Waals surface area contributed by atoms with E-state index in [1.54, 1.807) is 12.1 Å². The van der Waals surface area contributed by atoms with Gasteiger partial charge in [0.1, 0.15) is 6.10 Å². The van der Waals surface area contributed by atoms with Gasteiger partial charge >= 0.3 is 24.6 Å². The molecule has 2 heterocycles. The summed E-state index contributed by atoms with van der Waals surface area (Å²) in [6, 6.07) is 10.1. The number of amides is 1. The van der Waals surface area contributed by atoms with E-state index >= 15 is 0 Å². The number of alkyl halides is 9. The highest BCUT2D eigenvalue weighted by Gasteiger charge is 2.43. The van der Waals surface area contributed by atoms with E-state index in [1.807, 2.05) is 12.1 Å². The van der Waals surface area contributed by atoms with Crippen LogP contribution in [0.1, 0.15) is 60.1 Å². The van der Waals surface area contributed by atoms with Crippen LogP contribution in [0.4, 0.5) is 50.0 Å². The van der Waals surface area contributed by atoms with Gasteiger partial charge in [-0.3, -0.25) is 4.90 Å². The van der Waals surface area contributed by atoms with Crippen LogP contribution < -0.4 is 4.90 Å². The normalized spacial score (nSPS) is 19.8. The Morgan fingerprint density at radius 1 is 0.750 bits per heavy atom. The van der Waals surface area contributed by atoms with Crippen LogP contribution >= 0.6 is 0 Å². The van der Waals surface area contributed by atoms with Gasteiger partial charge in [-0.25, -0.2) is 4.79 Å². The van der Waals surface area contributed by atoms with Crippen molar-refractivity contribution in [2.75, 3.05) is 18.0 Å². The van der Waals surface area contributed by atoms with E-state index in [-0.39, 0.29) is 11.6 Å². The maximum absolute atomic E-state index is 13.7. The van der Waals surface area contributed by atoms with Crippen molar-refractivity contribution >= 4 is 11.8 Å². The second-order valence-electron chi connectivity index (χ2n) is 11.0. The number of anilines is 1. The molecule has 2 aliphatic heterocycles. The third-order valence-electron chi connectivity index (χ3n) is 7.98. The zero-order valence-corrected chi connectivity index (χ0v) is 23.3. The molecule has 44 heavy (non-hydrogen) atoms. The van der Waals surface area contributed by atoms with Crippen LogP contribution in [0.3, 0.4) is 0 Å². The first-order valence-electron chi connectivity index (χ1n) is 13.8. The molecule has 0 N–H and O–H groups in total. The van der Waals surface area contributed by atoms with Gasteiger partial charge < -0.3 is 9.64 Å². The molecule has 0 unspecified atom stereocenters. The SMILES string of the molecule is C[C@H]1[C@@H](c2cc(C(F)(F)F)cc(C(F)(F)F)c2)OC(=O)N1Cc1cc(C(F)(F)F)ccc1-c1cccc(N2CCCCC2)c1. The molecule has 2 atom stereocenters. The molecule has 3 aromatic carbocycles. The molecule has 1 amide bonds. The smallest absolute Gasteiger partial charge is 0.416 e. The second-order valence-corrected chi connectivity index (χ2v) is 11.0. The van der Waals surface area contributed by atoms with Crippen LogP contribution in [0, 0.1) is 0 Å². The van der Waals surface area contributed by atoms with Crippen LogP contribution in [0.5, 0.6) is 0 Å². The minimum atomic E-state index is -5.11. The molecule has 0 aromatic heterocycles. The van der Waals surface area contributed by atoms with Crippen molar-refractivity contribution in [2.24, 2.45) is 0 Å². The maximum atomic E-state index is 13.7. The molecular formula is C31H27F9N2O2. The highest BCUT2D eigenvalue weighted by atomic mass is 19.4. The Labute approximate surface area is 247 Å². The van der Waals surface area contributed by atoms with E-state index in [0.29, 0.717) is 23.3 Å². The molecule has 4 nitrogen and oxygen atoms in total. The molecule has 13 heteroatoms. The summed E-state index contributed by atoms with van der Waals surface area (Å²) in [5, 5.41) is 0. The lowest BCUT2D eigenvalue weighted by molar-refractivity contribution is -0.143. The number of halogens is 9. The van der Waals surface area contributed by atoms with Gasteiger partial charge in [0, 0.05) is 18.8 Å². The van der Waals surface area contributed by atoms with Crippen molar-refractivity contribution < 1.29 is 49.0 Å². The lowest BCUT2D eigenvalue weighted by Gasteiger charge is -2.29. The first-order valence-corrected chi connectivity index (χ1v) is 13.8. The molecule has 2 fully saturated rings. The second kappa shape index (κ2) is 11.6. The topological polar surface area (TPSA) is 32.8 Å². The van der Waals surface area contributed by atoms with Crippen LogP contribution in [-0.2, 0) is 29.8 Å². The van der Waals surface area contributed by atoms with Gasteiger partial charge in [0.15, 0.2) is 0 Å². The third-order valence-corrected chi connectivity index (χ3v) is 7.98. The number of cyclic esters (lactones) is 1. The van der Waals surface area contributed by atoms with Gasteiger partial charge in [0.25, 0.3) is 0 Å². The summed E-state index contributed by atoms with van der Waals surface area (Å²) in [6.07, 6.45) is -14.5. The molecule has 5 rings (SSSR count). The summed E-state index contributed by atoms with van der Waals surface area (Å²) in [7, 11) is 0. The van der Waals surface area contributed by atoms with E-state index in [0.717, 1.165) is 55.1 Å². The number of piperidine rings is 1. The van der Waals surface area contributed by atoms with Crippen LogP contribution in [-0.4, -0.2) is 30.1 Å². The van der Waals surface area contributed by atoms with E-state index < -0.39 is 65.6 Å². The number of hydrogen-bond acceptors (Lipinski definition) is 3. The molecule has 2 saturated heterocycles. The Bertz CT molecular complexity index is 1490. The van der Waals surface area contributed by atoms with Crippen LogP contribution in [0.2, 0.25) is 0 Å². The first-order chi connectivity index (χ1) is 20.5. The standard InChI is InChI=1S/C31H27F9N2O2/c1-18-27(20-12-23(30(35,36)37)16-24(13-20)31(38,39)40)44-28(43)42(18)17-21-14-22(29(32,33)34)8-9-26(21)19-6-5-7-25(15-19)41-10-3-2-4-11-41/h5-9,12-16,18,27H,2-4,10-11,17H2,1H3/t18-,27-/m0/s1. The Morgan fingerprint density at radius 2 is 1.36 bits per heavy atom. The van der Waals surface area contributed by atoms with E-state index in [9.17, 15) is 44.3 Å². The summed E-state index contributed by atoms with van der Waals surface area (Å²) < 4.78 is 127. The van der Waals surface area contributed by atoms with Crippen LogP contribution in [0.15, 0.2) is 60.7 Å². The summed E-state index contributed by atoms with van der Waals surface area (Å²) >= 11 is 0. The fraction of sp³-hybridized carbons (Fsp3) is 0.387. The number of carbonyl (C=O) groups excluding carboxylic acids is 1. The number of nitrogens with zero attached hydrogens (tertiary/aromatic N) is 2. The predicted molar refractivity (Wildman–Crippen MR) is 144 cm³/mol.